The second kappa shape index (κ2) is 9.22. The normalized spacial score (nSPS) is 14.0. The maximum absolute atomic E-state index is 12.9. The summed E-state index contributed by atoms with van der Waals surface area (Å²) in [6, 6.07) is 15.3. The number of imidazole rings is 1. The summed E-state index contributed by atoms with van der Waals surface area (Å²) in [5.41, 5.74) is 1.51. The van der Waals surface area contributed by atoms with Crippen molar-refractivity contribution in [3.05, 3.63) is 71.4 Å². The second-order valence-electron chi connectivity index (χ2n) is 8.07. The van der Waals surface area contributed by atoms with Crippen LogP contribution in [0.2, 0.25) is 0 Å². The number of nitrogens with zero attached hydrogens (tertiary/aromatic N) is 3. The number of rotatable bonds is 9. The Hall–Kier alpha value is -2.99. The Balaban J connectivity index is 1.42. The SMILES string of the molecule is CN(C)CCOc1ccc(-n2ccn(-c3ccc(OCC4CCC4)cc3)c2=O)cc1. The lowest BCUT2D eigenvalue weighted by Crippen LogP contribution is -2.22. The van der Waals surface area contributed by atoms with E-state index in [0.29, 0.717) is 12.5 Å². The summed E-state index contributed by atoms with van der Waals surface area (Å²) in [6.45, 7) is 2.27. The van der Waals surface area contributed by atoms with Gasteiger partial charge in [-0.05, 0) is 81.4 Å². The van der Waals surface area contributed by atoms with Crippen LogP contribution in [0.15, 0.2) is 65.7 Å². The van der Waals surface area contributed by atoms with Crippen LogP contribution in [0.5, 0.6) is 11.5 Å². The van der Waals surface area contributed by atoms with E-state index in [1.165, 1.54) is 19.3 Å². The lowest BCUT2D eigenvalue weighted by atomic mass is 9.86. The lowest BCUT2D eigenvalue weighted by molar-refractivity contribution is 0.180. The summed E-state index contributed by atoms with van der Waals surface area (Å²) in [4.78, 5) is 15.0. The average molecular weight is 408 g/mol. The van der Waals surface area contributed by atoms with Crippen LogP contribution < -0.4 is 15.2 Å². The van der Waals surface area contributed by atoms with Gasteiger partial charge in [-0.25, -0.2) is 4.79 Å². The van der Waals surface area contributed by atoms with Crippen molar-refractivity contribution in [2.45, 2.75) is 19.3 Å². The lowest BCUT2D eigenvalue weighted by Gasteiger charge is -2.25. The van der Waals surface area contributed by atoms with Gasteiger partial charge in [0.2, 0.25) is 0 Å². The third-order valence-corrected chi connectivity index (χ3v) is 5.52. The molecule has 1 heterocycles. The molecule has 0 amide bonds. The summed E-state index contributed by atoms with van der Waals surface area (Å²) in [6.07, 6.45) is 7.42. The molecule has 6 heteroatoms. The minimum absolute atomic E-state index is 0.112. The minimum Gasteiger partial charge on any atom is -0.493 e. The maximum Gasteiger partial charge on any atom is 0.337 e. The number of likely N-dealkylation sites (N-methyl/N-ethyl adjacent to an activating group) is 1. The van der Waals surface area contributed by atoms with Crippen molar-refractivity contribution in [3.63, 3.8) is 0 Å². The molecule has 2 aromatic carbocycles. The number of hydrogen-bond acceptors (Lipinski definition) is 4. The van der Waals surface area contributed by atoms with E-state index in [0.717, 1.165) is 36.0 Å². The van der Waals surface area contributed by atoms with Crippen LogP contribution in [0.3, 0.4) is 0 Å². The number of aromatic nitrogens is 2. The van der Waals surface area contributed by atoms with E-state index in [1.807, 2.05) is 62.6 Å². The van der Waals surface area contributed by atoms with E-state index in [4.69, 9.17) is 9.47 Å². The molecule has 0 unspecified atom stereocenters. The molecule has 0 atom stereocenters. The maximum atomic E-state index is 12.9. The fourth-order valence-electron chi connectivity index (χ4n) is 3.40. The Bertz CT molecular complexity index is 999. The van der Waals surface area contributed by atoms with E-state index in [1.54, 1.807) is 21.5 Å². The van der Waals surface area contributed by atoms with Crippen molar-refractivity contribution in [1.82, 2.24) is 14.0 Å². The van der Waals surface area contributed by atoms with Gasteiger partial charge < -0.3 is 14.4 Å². The van der Waals surface area contributed by atoms with E-state index in [-0.39, 0.29) is 5.69 Å². The molecule has 158 valence electrons. The van der Waals surface area contributed by atoms with Crippen LogP contribution >= 0.6 is 0 Å². The quantitative estimate of drug-likeness (QED) is 0.542. The van der Waals surface area contributed by atoms with Crippen molar-refractivity contribution < 1.29 is 9.47 Å². The first kappa shape index (κ1) is 20.3. The average Bonchev–Trinajstić information content (AvgIpc) is 3.09. The molecule has 1 aromatic heterocycles. The molecule has 1 aliphatic rings. The molecule has 0 N–H and O–H groups in total. The van der Waals surface area contributed by atoms with E-state index in [9.17, 15) is 4.79 Å². The van der Waals surface area contributed by atoms with Crippen molar-refractivity contribution >= 4 is 0 Å². The van der Waals surface area contributed by atoms with Gasteiger partial charge in [0.1, 0.15) is 18.1 Å². The van der Waals surface area contributed by atoms with Gasteiger partial charge in [-0.15, -0.1) is 0 Å². The van der Waals surface area contributed by atoms with Crippen molar-refractivity contribution in [2.24, 2.45) is 5.92 Å². The minimum atomic E-state index is -0.112. The van der Waals surface area contributed by atoms with Crippen molar-refractivity contribution in [1.29, 1.82) is 0 Å². The zero-order valence-corrected chi connectivity index (χ0v) is 17.7. The van der Waals surface area contributed by atoms with Gasteiger partial charge in [0, 0.05) is 18.9 Å². The summed E-state index contributed by atoms with van der Waals surface area (Å²) in [7, 11) is 4.03. The first-order chi connectivity index (χ1) is 14.6. The Morgan fingerprint density at radius 3 is 1.87 bits per heavy atom. The first-order valence-corrected chi connectivity index (χ1v) is 10.5. The third-order valence-electron chi connectivity index (χ3n) is 5.52. The molecule has 0 radical (unpaired) electrons. The Morgan fingerprint density at radius 1 is 0.867 bits per heavy atom. The molecule has 1 aliphatic carbocycles. The Morgan fingerprint density at radius 2 is 1.40 bits per heavy atom. The summed E-state index contributed by atoms with van der Waals surface area (Å²) >= 11 is 0. The summed E-state index contributed by atoms with van der Waals surface area (Å²) < 4.78 is 14.8. The van der Waals surface area contributed by atoms with Gasteiger partial charge in [0.05, 0.1) is 18.0 Å². The Kier molecular flexibility index (Phi) is 6.23. The van der Waals surface area contributed by atoms with Crippen LogP contribution in [0, 0.1) is 5.92 Å². The smallest absolute Gasteiger partial charge is 0.337 e. The molecule has 30 heavy (non-hydrogen) atoms. The molecule has 0 saturated heterocycles. The molecule has 0 bridgehead atoms. The molecule has 4 rings (SSSR count). The highest BCUT2D eigenvalue weighted by Crippen LogP contribution is 2.27. The monoisotopic (exact) mass is 407 g/mol. The highest BCUT2D eigenvalue weighted by molar-refractivity contribution is 5.40. The van der Waals surface area contributed by atoms with Gasteiger partial charge in [-0.1, -0.05) is 6.42 Å². The molecule has 6 nitrogen and oxygen atoms in total. The molecule has 0 spiro atoms. The fourth-order valence-corrected chi connectivity index (χ4v) is 3.40. The second-order valence-corrected chi connectivity index (χ2v) is 8.07. The molecular formula is C24H29N3O3. The largest absolute Gasteiger partial charge is 0.493 e. The van der Waals surface area contributed by atoms with Crippen LogP contribution in [0.1, 0.15) is 19.3 Å². The third kappa shape index (κ3) is 4.76. The predicted octanol–water partition coefficient (Wildman–Crippen LogP) is 3.75. The molecule has 0 aliphatic heterocycles. The van der Waals surface area contributed by atoms with Gasteiger partial charge in [-0.3, -0.25) is 9.13 Å². The van der Waals surface area contributed by atoms with E-state index in [2.05, 4.69) is 4.90 Å². The van der Waals surface area contributed by atoms with E-state index >= 15 is 0 Å². The zero-order valence-electron chi connectivity index (χ0n) is 17.7. The molecule has 1 fully saturated rings. The zero-order chi connectivity index (χ0) is 20.9. The van der Waals surface area contributed by atoms with Crippen LogP contribution in [-0.4, -0.2) is 47.9 Å². The van der Waals surface area contributed by atoms with Crippen molar-refractivity contribution in [2.75, 3.05) is 33.9 Å². The fraction of sp³-hybridized carbons (Fsp3) is 0.375. The number of hydrogen-bond donors (Lipinski definition) is 0. The summed E-state index contributed by atoms with van der Waals surface area (Å²) in [5, 5.41) is 0. The van der Waals surface area contributed by atoms with Crippen LogP contribution in [0.4, 0.5) is 0 Å². The highest BCUT2D eigenvalue weighted by atomic mass is 16.5. The standard InChI is InChI=1S/C24H29N3O3/c1-25(2)16-17-29-22-10-6-20(7-11-22)26-14-15-27(24(26)28)21-8-12-23(13-9-21)30-18-19-4-3-5-19/h6-15,19H,3-5,16-18H2,1-2H3. The number of benzene rings is 2. The number of ether oxygens (including phenoxy) is 2. The van der Waals surface area contributed by atoms with Gasteiger partial charge in [0.25, 0.3) is 0 Å². The predicted molar refractivity (Wildman–Crippen MR) is 118 cm³/mol. The highest BCUT2D eigenvalue weighted by Gasteiger charge is 2.17. The molecule has 3 aromatic rings. The van der Waals surface area contributed by atoms with Crippen LogP contribution in [0.25, 0.3) is 11.4 Å². The van der Waals surface area contributed by atoms with Gasteiger partial charge in [0.15, 0.2) is 0 Å². The van der Waals surface area contributed by atoms with Crippen LogP contribution in [-0.2, 0) is 0 Å². The first-order valence-electron chi connectivity index (χ1n) is 10.5. The summed E-state index contributed by atoms with van der Waals surface area (Å²) in [5.74, 6) is 2.35. The molecular weight excluding hydrogens is 378 g/mol. The van der Waals surface area contributed by atoms with Gasteiger partial charge >= 0.3 is 5.69 Å². The van der Waals surface area contributed by atoms with Crippen molar-refractivity contribution in [3.8, 4) is 22.9 Å². The topological polar surface area (TPSA) is 48.6 Å². The Labute approximate surface area is 177 Å². The molecule has 1 saturated carbocycles. The van der Waals surface area contributed by atoms with Gasteiger partial charge in [-0.2, -0.15) is 0 Å². The van der Waals surface area contributed by atoms with E-state index < -0.39 is 0 Å².